The lowest BCUT2D eigenvalue weighted by atomic mass is 10.2. The van der Waals surface area contributed by atoms with E-state index >= 15 is 0 Å². The highest BCUT2D eigenvalue weighted by Crippen LogP contribution is 2.11. The van der Waals surface area contributed by atoms with Gasteiger partial charge in [0.15, 0.2) is 0 Å². The zero-order chi connectivity index (χ0) is 11.8. The fraction of sp³-hybridized carbons (Fsp3) is 0.417. The summed E-state index contributed by atoms with van der Waals surface area (Å²) in [5.41, 5.74) is 0.912. The monoisotopic (exact) mass is 241 g/mol. The molecule has 88 valence electrons. The third-order valence-corrected chi connectivity index (χ3v) is 2.33. The molecule has 1 aromatic carbocycles. The molecule has 0 radical (unpaired) electrons. The molecule has 0 amide bonds. The summed E-state index contributed by atoms with van der Waals surface area (Å²) in [5, 5.41) is 3.64. The van der Waals surface area contributed by atoms with Crippen molar-refractivity contribution >= 4 is 17.6 Å². The second-order valence-electron chi connectivity index (χ2n) is 3.50. The van der Waals surface area contributed by atoms with Gasteiger partial charge in [0.25, 0.3) is 0 Å². The first-order valence-corrected chi connectivity index (χ1v) is 5.65. The number of benzene rings is 1. The number of hydrogen-bond donors (Lipinski definition) is 1. The van der Waals surface area contributed by atoms with Gasteiger partial charge in [0.2, 0.25) is 0 Å². The lowest BCUT2D eigenvalue weighted by Gasteiger charge is -2.05. The standard InChI is InChI=1S/C12H16ClNO2/c1-14-7-3-6-12(15)16-9-10-4-2-5-11(13)8-10/h2,4-5,8,14H,3,6-7,9H2,1H3. The Hall–Kier alpha value is -1.06. The third kappa shape index (κ3) is 5.14. The van der Waals surface area contributed by atoms with E-state index in [1.807, 2.05) is 19.2 Å². The first-order chi connectivity index (χ1) is 7.72. The van der Waals surface area contributed by atoms with Crippen molar-refractivity contribution in [1.29, 1.82) is 0 Å². The van der Waals surface area contributed by atoms with Crippen molar-refractivity contribution in [3.05, 3.63) is 34.9 Å². The van der Waals surface area contributed by atoms with Gasteiger partial charge in [0.05, 0.1) is 0 Å². The number of ether oxygens (including phenoxy) is 1. The molecule has 0 aliphatic heterocycles. The van der Waals surface area contributed by atoms with Gasteiger partial charge in [-0.3, -0.25) is 4.79 Å². The molecule has 0 aliphatic carbocycles. The molecule has 0 bridgehead atoms. The molecule has 0 saturated carbocycles. The number of nitrogens with one attached hydrogen (secondary N) is 1. The van der Waals surface area contributed by atoms with E-state index in [0.29, 0.717) is 18.1 Å². The Morgan fingerprint density at radius 2 is 2.31 bits per heavy atom. The Labute approximate surface area is 101 Å². The van der Waals surface area contributed by atoms with Crippen molar-refractivity contribution in [2.45, 2.75) is 19.4 Å². The number of halogens is 1. The zero-order valence-corrected chi connectivity index (χ0v) is 10.1. The van der Waals surface area contributed by atoms with E-state index in [9.17, 15) is 4.79 Å². The van der Waals surface area contributed by atoms with Crippen LogP contribution in [0, 0.1) is 0 Å². The third-order valence-electron chi connectivity index (χ3n) is 2.10. The fourth-order valence-electron chi connectivity index (χ4n) is 1.27. The lowest BCUT2D eigenvalue weighted by Crippen LogP contribution is -2.11. The maximum atomic E-state index is 11.3. The number of esters is 1. The van der Waals surface area contributed by atoms with Gasteiger partial charge in [-0.15, -0.1) is 0 Å². The maximum absolute atomic E-state index is 11.3. The molecule has 0 aromatic heterocycles. The molecule has 1 rings (SSSR count). The summed E-state index contributed by atoms with van der Waals surface area (Å²) in [7, 11) is 1.86. The van der Waals surface area contributed by atoms with Gasteiger partial charge in [-0.1, -0.05) is 23.7 Å². The van der Waals surface area contributed by atoms with Gasteiger partial charge in [-0.05, 0) is 37.7 Å². The highest BCUT2D eigenvalue weighted by molar-refractivity contribution is 6.30. The Balaban J connectivity index is 2.26. The van der Waals surface area contributed by atoms with Gasteiger partial charge < -0.3 is 10.1 Å². The van der Waals surface area contributed by atoms with Crippen molar-refractivity contribution in [1.82, 2.24) is 5.32 Å². The molecule has 0 saturated heterocycles. The first-order valence-electron chi connectivity index (χ1n) is 5.27. The topological polar surface area (TPSA) is 38.3 Å². The Morgan fingerprint density at radius 3 is 3.00 bits per heavy atom. The van der Waals surface area contributed by atoms with Crippen molar-refractivity contribution < 1.29 is 9.53 Å². The van der Waals surface area contributed by atoms with E-state index in [1.54, 1.807) is 12.1 Å². The Bertz CT molecular complexity index is 342. The highest BCUT2D eigenvalue weighted by Gasteiger charge is 2.02. The molecular weight excluding hydrogens is 226 g/mol. The summed E-state index contributed by atoms with van der Waals surface area (Å²) in [6.45, 7) is 1.12. The fourth-order valence-corrected chi connectivity index (χ4v) is 1.49. The predicted octanol–water partition coefficient (Wildman–Crippen LogP) is 2.38. The predicted molar refractivity (Wildman–Crippen MR) is 64.4 cm³/mol. The molecular formula is C12H16ClNO2. The van der Waals surface area contributed by atoms with Crippen LogP contribution in [-0.2, 0) is 16.1 Å². The van der Waals surface area contributed by atoms with Crippen LogP contribution in [0.4, 0.5) is 0 Å². The van der Waals surface area contributed by atoms with Crippen molar-refractivity contribution in [2.24, 2.45) is 0 Å². The first kappa shape index (κ1) is 13.0. The van der Waals surface area contributed by atoms with Gasteiger partial charge in [0.1, 0.15) is 6.61 Å². The van der Waals surface area contributed by atoms with Crippen molar-refractivity contribution in [2.75, 3.05) is 13.6 Å². The molecule has 0 unspecified atom stereocenters. The van der Waals surface area contributed by atoms with Gasteiger partial charge >= 0.3 is 5.97 Å². The van der Waals surface area contributed by atoms with Crippen LogP contribution in [-0.4, -0.2) is 19.6 Å². The largest absolute Gasteiger partial charge is 0.461 e. The van der Waals surface area contributed by atoms with Crippen LogP contribution < -0.4 is 5.32 Å². The molecule has 1 N–H and O–H groups in total. The SMILES string of the molecule is CNCCCC(=O)OCc1cccc(Cl)c1. The summed E-state index contributed by atoms with van der Waals surface area (Å²) >= 11 is 5.81. The van der Waals surface area contributed by atoms with E-state index in [0.717, 1.165) is 18.5 Å². The highest BCUT2D eigenvalue weighted by atomic mass is 35.5. The van der Waals surface area contributed by atoms with Crippen molar-refractivity contribution in [3.8, 4) is 0 Å². The Morgan fingerprint density at radius 1 is 1.50 bits per heavy atom. The second-order valence-corrected chi connectivity index (χ2v) is 3.93. The van der Waals surface area contributed by atoms with Crippen molar-refractivity contribution in [3.63, 3.8) is 0 Å². The van der Waals surface area contributed by atoms with E-state index in [4.69, 9.17) is 16.3 Å². The molecule has 0 heterocycles. The minimum absolute atomic E-state index is 0.171. The smallest absolute Gasteiger partial charge is 0.306 e. The quantitative estimate of drug-likeness (QED) is 0.614. The van der Waals surface area contributed by atoms with Crippen LogP contribution in [0.1, 0.15) is 18.4 Å². The lowest BCUT2D eigenvalue weighted by molar-refractivity contribution is -0.145. The van der Waals surface area contributed by atoms with Crippen LogP contribution >= 0.6 is 11.6 Å². The molecule has 16 heavy (non-hydrogen) atoms. The number of rotatable bonds is 6. The van der Waals surface area contributed by atoms with E-state index in [2.05, 4.69) is 5.32 Å². The molecule has 0 fully saturated rings. The molecule has 0 aliphatic rings. The molecule has 3 nitrogen and oxygen atoms in total. The average Bonchev–Trinajstić information content (AvgIpc) is 2.27. The summed E-state index contributed by atoms with van der Waals surface area (Å²) in [4.78, 5) is 11.3. The molecule has 0 atom stereocenters. The summed E-state index contributed by atoms with van der Waals surface area (Å²) in [5.74, 6) is -0.171. The number of carbonyl (C=O) groups is 1. The minimum Gasteiger partial charge on any atom is -0.461 e. The Kier molecular flexibility index (Phi) is 5.90. The van der Waals surface area contributed by atoms with Crippen LogP contribution in [0.2, 0.25) is 5.02 Å². The van der Waals surface area contributed by atoms with E-state index in [-0.39, 0.29) is 5.97 Å². The van der Waals surface area contributed by atoms with Crippen LogP contribution in [0.25, 0.3) is 0 Å². The summed E-state index contributed by atoms with van der Waals surface area (Å²) < 4.78 is 5.10. The summed E-state index contributed by atoms with van der Waals surface area (Å²) in [6, 6.07) is 7.31. The van der Waals surface area contributed by atoms with E-state index in [1.165, 1.54) is 0 Å². The maximum Gasteiger partial charge on any atom is 0.306 e. The minimum atomic E-state index is -0.171. The van der Waals surface area contributed by atoms with E-state index < -0.39 is 0 Å². The summed E-state index contributed by atoms with van der Waals surface area (Å²) in [6.07, 6.45) is 1.24. The number of hydrogen-bond acceptors (Lipinski definition) is 3. The van der Waals surface area contributed by atoms with Gasteiger partial charge in [-0.2, -0.15) is 0 Å². The second kappa shape index (κ2) is 7.25. The number of carbonyl (C=O) groups excluding carboxylic acids is 1. The van der Waals surface area contributed by atoms with Crippen LogP contribution in [0.3, 0.4) is 0 Å². The molecule has 0 spiro atoms. The van der Waals surface area contributed by atoms with Gasteiger partial charge in [0, 0.05) is 11.4 Å². The molecule has 1 aromatic rings. The van der Waals surface area contributed by atoms with Crippen LogP contribution in [0.15, 0.2) is 24.3 Å². The van der Waals surface area contributed by atoms with Gasteiger partial charge in [-0.25, -0.2) is 0 Å². The van der Waals surface area contributed by atoms with Crippen LogP contribution in [0.5, 0.6) is 0 Å². The molecule has 4 heteroatoms. The normalized spacial score (nSPS) is 10.1. The average molecular weight is 242 g/mol. The zero-order valence-electron chi connectivity index (χ0n) is 9.33.